The lowest BCUT2D eigenvalue weighted by Gasteiger charge is -2.41. The van der Waals surface area contributed by atoms with Gasteiger partial charge in [-0.15, -0.1) is 0 Å². The average molecular weight is 248 g/mol. The van der Waals surface area contributed by atoms with Crippen LogP contribution < -0.4 is 5.32 Å². The Morgan fingerprint density at radius 1 is 0.944 bits per heavy atom. The van der Waals surface area contributed by atoms with E-state index in [0.29, 0.717) is 11.5 Å². The molecule has 0 aliphatic heterocycles. The van der Waals surface area contributed by atoms with E-state index in [1.807, 2.05) is 0 Å². The van der Waals surface area contributed by atoms with Gasteiger partial charge in [0, 0.05) is 6.04 Å². The van der Waals surface area contributed by atoms with Gasteiger partial charge in [-0.25, -0.2) is 0 Å². The Labute approximate surface area is 112 Å². The lowest BCUT2D eigenvalue weighted by Crippen LogP contribution is -2.52. The van der Waals surface area contributed by atoms with Crippen LogP contribution in [0.2, 0.25) is 0 Å². The summed E-state index contributed by atoms with van der Waals surface area (Å²) in [6.07, 6.45) is 12.4. The van der Waals surface area contributed by atoms with E-state index in [-0.39, 0.29) is 5.54 Å². The fourth-order valence-electron chi connectivity index (χ4n) is 3.46. The second-order valence-electron chi connectivity index (χ2n) is 7.19. The van der Waals surface area contributed by atoms with Crippen molar-refractivity contribution in [1.29, 1.82) is 5.26 Å². The highest BCUT2D eigenvalue weighted by atomic mass is 15.0. The molecule has 2 aliphatic rings. The molecule has 0 bridgehead atoms. The Morgan fingerprint density at radius 2 is 1.50 bits per heavy atom. The highest BCUT2D eigenvalue weighted by molar-refractivity contribution is 5.11. The number of hydrogen-bond donors (Lipinski definition) is 1. The van der Waals surface area contributed by atoms with Crippen LogP contribution in [0.15, 0.2) is 0 Å². The SMILES string of the molecule is CC1(C)CCC(C#N)(NC2CCCCCC2)CC1. The van der Waals surface area contributed by atoms with Gasteiger partial charge in [-0.2, -0.15) is 5.26 Å². The number of rotatable bonds is 2. The van der Waals surface area contributed by atoms with E-state index >= 15 is 0 Å². The smallest absolute Gasteiger partial charge is 0.107 e. The van der Waals surface area contributed by atoms with Crippen LogP contribution in [-0.4, -0.2) is 11.6 Å². The van der Waals surface area contributed by atoms with Crippen LogP contribution in [-0.2, 0) is 0 Å². The molecule has 2 nitrogen and oxygen atoms in total. The highest BCUT2D eigenvalue weighted by Crippen LogP contribution is 2.40. The molecule has 0 aromatic heterocycles. The van der Waals surface area contributed by atoms with Crippen molar-refractivity contribution >= 4 is 0 Å². The lowest BCUT2D eigenvalue weighted by molar-refractivity contribution is 0.157. The van der Waals surface area contributed by atoms with E-state index in [1.165, 1.54) is 51.4 Å². The fourth-order valence-corrected chi connectivity index (χ4v) is 3.46. The van der Waals surface area contributed by atoms with E-state index in [1.54, 1.807) is 0 Å². The number of nitriles is 1. The third-order valence-electron chi connectivity index (χ3n) is 5.01. The first-order valence-corrected chi connectivity index (χ1v) is 7.74. The molecule has 2 fully saturated rings. The van der Waals surface area contributed by atoms with Gasteiger partial charge >= 0.3 is 0 Å². The second-order valence-corrected chi connectivity index (χ2v) is 7.19. The van der Waals surface area contributed by atoms with Crippen molar-refractivity contribution in [3.05, 3.63) is 0 Å². The summed E-state index contributed by atoms with van der Waals surface area (Å²) in [6.45, 7) is 4.67. The Bertz CT molecular complexity index is 296. The van der Waals surface area contributed by atoms with Crippen molar-refractivity contribution in [3.63, 3.8) is 0 Å². The van der Waals surface area contributed by atoms with Crippen molar-refractivity contribution in [2.75, 3.05) is 0 Å². The predicted octanol–water partition coefficient (Wildman–Crippen LogP) is 4.16. The van der Waals surface area contributed by atoms with Gasteiger partial charge in [-0.3, -0.25) is 5.32 Å². The monoisotopic (exact) mass is 248 g/mol. The number of nitrogens with zero attached hydrogens (tertiary/aromatic N) is 1. The molecule has 1 N–H and O–H groups in total. The standard InChI is InChI=1S/C16H28N2/c1-15(2)9-11-16(13-17,12-10-15)18-14-7-5-3-4-6-8-14/h14,18H,3-12H2,1-2H3. The average Bonchev–Trinajstić information content (AvgIpc) is 2.61. The van der Waals surface area contributed by atoms with Gasteiger partial charge in [0.25, 0.3) is 0 Å². The van der Waals surface area contributed by atoms with Crippen LogP contribution in [0.4, 0.5) is 0 Å². The van der Waals surface area contributed by atoms with Gasteiger partial charge < -0.3 is 0 Å². The predicted molar refractivity (Wildman–Crippen MR) is 75.2 cm³/mol. The number of nitrogens with one attached hydrogen (secondary N) is 1. The van der Waals surface area contributed by atoms with E-state index in [2.05, 4.69) is 25.2 Å². The summed E-state index contributed by atoms with van der Waals surface area (Å²) in [6, 6.07) is 3.20. The third-order valence-corrected chi connectivity index (χ3v) is 5.01. The molecular weight excluding hydrogens is 220 g/mol. The van der Waals surface area contributed by atoms with Crippen LogP contribution in [0.3, 0.4) is 0 Å². The van der Waals surface area contributed by atoms with Crippen molar-refractivity contribution < 1.29 is 0 Å². The van der Waals surface area contributed by atoms with Gasteiger partial charge in [0.05, 0.1) is 6.07 Å². The molecule has 0 radical (unpaired) electrons. The van der Waals surface area contributed by atoms with E-state index < -0.39 is 0 Å². The minimum atomic E-state index is -0.218. The summed E-state index contributed by atoms with van der Waals surface area (Å²) in [5.41, 5.74) is 0.218. The zero-order valence-corrected chi connectivity index (χ0v) is 12.1. The lowest BCUT2D eigenvalue weighted by atomic mass is 9.69. The summed E-state index contributed by atoms with van der Waals surface area (Å²) in [4.78, 5) is 0. The maximum atomic E-state index is 9.60. The van der Waals surface area contributed by atoms with E-state index in [4.69, 9.17) is 0 Å². The van der Waals surface area contributed by atoms with Crippen molar-refractivity contribution in [1.82, 2.24) is 5.32 Å². The maximum absolute atomic E-state index is 9.60. The van der Waals surface area contributed by atoms with E-state index in [9.17, 15) is 5.26 Å². The highest BCUT2D eigenvalue weighted by Gasteiger charge is 2.39. The molecular formula is C16H28N2. The first kappa shape index (κ1) is 13.9. The first-order valence-electron chi connectivity index (χ1n) is 7.74. The minimum Gasteiger partial charge on any atom is -0.297 e. The Hall–Kier alpha value is -0.550. The Morgan fingerprint density at radius 3 is 2.00 bits per heavy atom. The first-order chi connectivity index (χ1) is 8.55. The van der Waals surface area contributed by atoms with Gasteiger partial charge in [-0.05, 0) is 43.9 Å². The van der Waals surface area contributed by atoms with Crippen molar-refractivity contribution in [2.24, 2.45) is 5.41 Å². The van der Waals surface area contributed by atoms with Crippen LogP contribution in [0.5, 0.6) is 0 Å². The summed E-state index contributed by atoms with van der Waals surface area (Å²) in [5, 5.41) is 13.3. The molecule has 0 saturated heterocycles. The second kappa shape index (κ2) is 5.61. The molecule has 0 spiro atoms. The van der Waals surface area contributed by atoms with E-state index in [0.717, 1.165) is 12.8 Å². The summed E-state index contributed by atoms with van der Waals surface area (Å²) in [5.74, 6) is 0. The maximum Gasteiger partial charge on any atom is 0.107 e. The van der Waals surface area contributed by atoms with Crippen LogP contribution >= 0.6 is 0 Å². The molecule has 2 aliphatic carbocycles. The summed E-state index contributed by atoms with van der Waals surface area (Å²) in [7, 11) is 0. The van der Waals surface area contributed by atoms with Crippen LogP contribution in [0.25, 0.3) is 0 Å². The third kappa shape index (κ3) is 3.48. The van der Waals surface area contributed by atoms with Gasteiger partial charge in [0.15, 0.2) is 0 Å². The fraction of sp³-hybridized carbons (Fsp3) is 0.938. The molecule has 0 atom stereocenters. The molecule has 2 saturated carbocycles. The Kier molecular flexibility index (Phi) is 4.33. The molecule has 102 valence electrons. The van der Waals surface area contributed by atoms with Gasteiger partial charge in [-0.1, -0.05) is 39.5 Å². The zero-order chi connectivity index (χ0) is 13.1. The largest absolute Gasteiger partial charge is 0.297 e. The Balaban J connectivity index is 1.94. The van der Waals surface area contributed by atoms with Gasteiger partial charge in [0.2, 0.25) is 0 Å². The molecule has 2 heteroatoms. The van der Waals surface area contributed by atoms with Crippen molar-refractivity contribution in [2.45, 2.75) is 89.6 Å². The van der Waals surface area contributed by atoms with Crippen molar-refractivity contribution in [3.8, 4) is 6.07 Å². The molecule has 18 heavy (non-hydrogen) atoms. The summed E-state index contributed by atoms with van der Waals surface area (Å²) >= 11 is 0. The van der Waals surface area contributed by atoms with Crippen LogP contribution in [0, 0.1) is 16.7 Å². The minimum absolute atomic E-state index is 0.218. The number of hydrogen-bond acceptors (Lipinski definition) is 2. The van der Waals surface area contributed by atoms with Gasteiger partial charge in [0.1, 0.15) is 5.54 Å². The zero-order valence-electron chi connectivity index (χ0n) is 12.1. The quantitative estimate of drug-likeness (QED) is 0.745. The topological polar surface area (TPSA) is 35.8 Å². The summed E-state index contributed by atoms with van der Waals surface area (Å²) < 4.78 is 0. The molecule has 0 aromatic carbocycles. The van der Waals surface area contributed by atoms with Crippen LogP contribution in [0.1, 0.15) is 78.1 Å². The molecule has 0 amide bonds. The molecule has 0 unspecified atom stereocenters. The normalized spacial score (nSPS) is 28.3. The molecule has 0 heterocycles. The molecule has 2 rings (SSSR count). The molecule has 0 aromatic rings.